The molecule has 0 atom stereocenters. The topological polar surface area (TPSA) is 29.1 Å². The molecule has 70 valence electrons. The number of carbonyl (C=O) groups excluding carboxylic acids is 1. The highest BCUT2D eigenvalue weighted by Gasteiger charge is 2.37. The van der Waals surface area contributed by atoms with Gasteiger partial charge in [0.15, 0.2) is 0 Å². The van der Waals surface area contributed by atoms with E-state index in [1.807, 2.05) is 17.5 Å². The van der Waals surface area contributed by atoms with Crippen LogP contribution in [-0.2, 0) is 0 Å². The molecule has 0 saturated heterocycles. The summed E-state index contributed by atoms with van der Waals surface area (Å²) in [5.41, 5.74) is 0.396. The highest BCUT2D eigenvalue weighted by molar-refractivity contribution is 7.12. The minimum absolute atomic E-state index is 0.0723. The van der Waals surface area contributed by atoms with Gasteiger partial charge in [-0.25, -0.2) is 0 Å². The molecular formula is C10H13NOS. The van der Waals surface area contributed by atoms with Crippen LogP contribution >= 0.6 is 11.3 Å². The zero-order valence-corrected chi connectivity index (χ0v) is 8.49. The molecule has 13 heavy (non-hydrogen) atoms. The minimum atomic E-state index is 0.0723. The van der Waals surface area contributed by atoms with Gasteiger partial charge in [-0.1, -0.05) is 13.0 Å². The second kappa shape index (κ2) is 3.14. The van der Waals surface area contributed by atoms with Gasteiger partial charge in [0.05, 0.1) is 4.88 Å². The molecule has 0 aliphatic heterocycles. The van der Waals surface area contributed by atoms with Gasteiger partial charge in [-0.05, 0) is 29.7 Å². The van der Waals surface area contributed by atoms with Crippen molar-refractivity contribution in [2.75, 3.05) is 6.54 Å². The van der Waals surface area contributed by atoms with Gasteiger partial charge in [0.1, 0.15) is 0 Å². The lowest BCUT2D eigenvalue weighted by atomic mass is 10.1. The van der Waals surface area contributed by atoms with Gasteiger partial charge in [-0.3, -0.25) is 4.79 Å². The number of nitrogens with one attached hydrogen (secondary N) is 1. The lowest BCUT2D eigenvalue weighted by Crippen LogP contribution is -2.28. The third-order valence-corrected chi connectivity index (χ3v) is 3.39. The van der Waals surface area contributed by atoms with Crippen LogP contribution in [-0.4, -0.2) is 12.5 Å². The smallest absolute Gasteiger partial charge is 0.261 e. The van der Waals surface area contributed by atoms with E-state index in [9.17, 15) is 4.79 Å². The predicted molar refractivity (Wildman–Crippen MR) is 54.0 cm³/mol. The molecule has 1 heterocycles. The Bertz CT molecular complexity index is 301. The standard InChI is InChI=1S/C10H13NOS/c1-10(4-5-10)7-11-9(12)8-3-2-6-13-8/h2-3,6H,4-5,7H2,1H3,(H,11,12). The summed E-state index contributed by atoms with van der Waals surface area (Å²) in [6.45, 7) is 3.03. The Morgan fingerprint density at radius 2 is 2.46 bits per heavy atom. The van der Waals surface area contributed by atoms with Crippen LogP contribution in [0.4, 0.5) is 0 Å². The van der Waals surface area contributed by atoms with E-state index in [0.717, 1.165) is 11.4 Å². The third kappa shape index (κ3) is 2.10. The Morgan fingerprint density at radius 1 is 1.69 bits per heavy atom. The summed E-state index contributed by atoms with van der Waals surface area (Å²) in [5, 5.41) is 4.88. The predicted octanol–water partition coefficient (Wildman–Crippen LogP) is 2.28. The molecule has 1 amide bonds. The van der Waals surface area contributed by atoms with Crippen LogP contribution in [0.3, 0.4) is 0 Å². The van der Waals surface area contributed by atoms with Crippen molar-refractivity contribution in [2.45, 2.75) is 19.8 Å². The summed E-state index contributed by atoms with van der Waals surface area (Å²) < 4.78 is 0. The van der Waals surface area contributed by atoms with Crippen LogP contribution in [0.25, 0.3) is 0 Å². The molecule has 0 spiro atoms. The first-order valence-electron chi connectivity index (χ1n) is 4.51. The Hall–Kier alpha value is -0.830. The number of amides is 1. The van der Waals surface area contributed by atoms with Gasteiger partial charge in [-0.15, -0.1) is 11.3 Å². The van der Waals surface area contributed by atoms with E-state index in [1.54, 1.807) is 0 Å². The Balaban J connectivity index is 1.85. The van der Waals surface area contributed by atoms with Crippen LogP contribution in [0.15, 0.2) is 17.5 Å². The molecule has 0 unspecified atom stereocenters. The fourth-order valence-corrected chi connectivity index (χ4v) is 1.82. The number of rotatable bonds is 3. The average Bonchev–Trinajstić information content (AvgIpc) is 2.69. The SMILES string of the molecule is CC1(CNC(=O)c2cccs2)CC1. The summed E-state index contributed by atoms with van der Waals surface area (Å²) in [5.74, 6) is 0.0723. The second-order valence-electron chi connectivity index (χ2n) is 3.97. The maximum absolute atomic E-state index is 11.5. The largest absolute Gasteiger partial charge is 0.351 e. The van der Waals surface area contributed by atoms with Crippen molar-refractivity contribution in [1.82, 2.24) is 5.32 Å². The first-order valence-corrected chi connectivity index (χ1v) is 5.39. The van der Waals surface area contributed by atoms with Crippen LogP contribution < -0.4 is 5.32 Å². The van der Waals surface area contributed by atoms with E-state index in [1.165, 1.54) is 24.2 Å². The molecule has 0 aromatic carbocycles. The van der Waals surface area contributed by atoms with E-state index >= 15 is 0 Å². The third-order valence-electron chi connectivity index (χ3n) is 2.52. The molecule has 3 heteroatoms. The van der Waals surface area contributed by atoms with Crippen molar-refractivity contribution in [3.05, 3.63) is 22.4 Å². The molecule has 0 radical (unpaired) electrons. The van der Waals surface area contributed by atoms with E-state index in [-0.39, 0.29) is 5.91 Å². The molecule has 1 fully saturated rings. The maximum atomic E-state index is 11.5. The molecule has 1 aliphatic rings. The molecule has 2 rings (SSSR count). The highest BCUT2D eigenvalue weighted by Crippen LogP contribution is 2.44. The summed E-state index contributed by atoms with van der Waals surface area (Å²) in [6, 6.07) is 3.76. The van der Waals surface area contributed by atoms with Crippen molar-refractivity contribution in [3.8, 4) is 0 Å². The van der Waals surface area contributed by atoms with E-state index in [0.29, 0.717) is 5.41 Å². The van der Waals surface area contributed by atoms with Gasteiger partial charge < -0.3 is 5.32 Å². The average molecular weight is 195 g/mol. The van der Waals surface area contributed by atoms with Gasteiger partial charge in [-0.2, -0.15) is 0 Å². The van der Waals surface area contributed by atoms with Crippen molar-refractivity contribution in [3.63, 3.8) is 0 Å². The Morgan fingerprint density at radius 3 is 3.00 bits per heavy atom. The van der Waals surface area contributed by atoms with Crippen LogP contribution in [0.2, 0.25) is 0 Å². The van der Waals surface area contributed by atoms with Gasteiger partial charge >= 0.3 is 0 Å². The fraction of sp³-hybridized carbons (Fsp3) is 0.500. The Labute approximate surface area is 82.0 Å². The Kier molecular flexibility index (Phi) is 2.12. The lowest BCUT2D eigenvalue weighted by Gasteiger charge is -2.08. The van der Waals surface area contributed by atoms with Crippen molar-refractivity contribution >= 4 is 17.2 Å². The first-order chi connectivity index (χ1) is 6.20. The minimum Gasteiger partial charge on any atom is -0.351 e. The summed E-state index contributed by atoms with van der Waals surface area (Å²) >= 11 is 1.49. The van der Waals surface area contributed by atoms with Crippen LogP contribution in [0.5, 0.6) is 0 Å². The molecule has 1 aliphatic carbocycles. The summed E-state index contributed by atoms with van der Waals surface area (Å²) in [4.78, 5) is 12.3. The highest BCUT2D eigenvalue weighted by atomic mass is 32.1. The molecule has 1 aromatic rings. The van der Waals surface area contributed by atoms with Crippen molar-refractivity contribution < 1.29 is 4.79 Å². The van der Waals surface area contributed by atoms with Gasteiger partial charge in [0.2, 0.25) is 0 Å². The van der Waals surface area contributed by atoms with Gasteiger partial charge in [0.25, 0.3) is 5.91 Å². The number of hydrogen-bond acceptors (Lipinski definition) is 2. The molecule has 1 saturated carbocycles. The van der Waals surface area contributed by atoms with Crippen LogP contribution in [0, 0.1) is 5.41 Å². The van der Waals surface area contributed by atoms with Crippen molar-refractivity contribution in [2.24, 2.45) is 5.41 Å². The lowest BCUT2D eigenvalue weighted by molar-refractivity contribution is 0.0950. The monoisotopic (exact) mass is 195 g/mol. The fourth-order valence-electron chi connectivity index (χ4n) is 1.18. The number of thiophene rings is 1. The second-order valence-corrected chi connectivity index (χ2v) is 4.92. The molecule has 1 N–H and O–H groups in total. The zero-order valence-electron chi connectivity index (χ0n) is 7.67. The first kappa shape index (κ1) is 8.75. The van der Waals surface area contributed by atoms with E-state index < -0.39 is 0 Å². The molecular weight excluding hydrogens is 182 g/mol. The van der Waals surface area contributed by atoms with Crippen LogP contribution in [0.1, 0.15) is 29.4 Å². The number of carbonyl (C=O) groups is 1. The van der Waals surface area contributed by atoms with Crippen molar-refractivity contribution in [1.29, 1.82) is 0 Å². The number of hydrogen-bond donors (Lipinski definition) is 1. The van der Waals surface area contributed by atoms with Gasteiger partial charge in [0, 0.05) is 6.54 Å². The quantitative estimate of drug-likeness (QED) is 0.787. The normalized spacial score (nSPS) is 18.2. The van der Waals surface area contributed by atoms with E-state index in [2.05, 4.69) is 12.2 Å². The summed E-state index contributed by atoms with van der Waals surface area (Å²) in [6.07, 6.45) is 2.50. The molecule has 0 bridgehead atoms. The zero-order chi connectivity index (χ0) is 9.31. The maximum Gasteiger partial charge on any atom is 0.261 e. The molecule has 2 nitrogen and oxygen atoms in total. The molecule has 1 aromatic heterocycles. The summed E-state index contributed by atoms with van der Waals surface area (Å²) in [7, 11) is 0. The van der Waals surface area contributed by atoms with E-state index in [4.69, 9.17) is 0 Å².